The normalized spacial score (nSPS) is 15.2. The Morgan fingerprint density at radius 2 is 2.14 bits per heavy atom. The van der Waals surface area contributed by atoms with Crippen molar-refractivity contribution in [3.05, 3.63) is 28.5 Å². The minimum atomic E-state index is -0.0163. The first-order chi connectivity index (χ1) is 6.54. The molecule has 0 radical (unpaired) electrons. The first-order valence-corrected chi connectivity index (χ1v) is 5.32. The molecule has 78 valence electrons. The highest BCUT2D eigenvalue weighted by molar-refractivity contribution is 6.30. The van der Waals surface area contributed by atoms with Crippen molar-refractivity contribution in [3.8, 4) is 0 Å². The Balaban J connectivity index is 2.94. The van der Waals surface area contributed by atoms with Crippen LogP contribution in [-0.4, -0.2) is 4.98 Å². The van der Waals surface area contributed by atoms with Crippen LogP contribution in [0.5, 0.6) is 0 Å². The lowest BCUT2D eigenvalue weighted by atomic mass is 9.97. The van der Waals surface area contributed by atoms with Crippen molar-refractivity contribution in [2.45, 2.75) is 33.2 Å². The van der Waals surface area contributed by atoms with Gasteiger partial charge in [0.25, 0.3) is 0 Å². The van der Waals surface area contributed by atoms with E-state index >= 15 is 0 Å². The van der Waals surface area contributed by atoms with Gasteiger partial charge in [-0.3, -0.25) is 4.98 Å². The van der Waals surface area contributed by atoms with Gasteiger partial charge < -0.3 is 5.73 Å². The predicted molar refractivity (Wildman–Crippen MR) is 60.4 cm³/mol. The maximum atomic E-state index is 6.07. The SMILES string of the molecule is CC[C@@H](C)[C@@H](N)c1cc(Cl)cc(C)n1. The molecule has 3 heteroatoms. The number of aromatic nitrogens is 1. The Bertz CT molecular complexity index is 292. The lowest BCUT2D eigenvalue weighted by Gasteiger charge is -2.18. The van der Waals surface area contributed by atoms with Crippen LogP contribution in [0.2, 0.25) is 5.02 Å². The molecule has 2 nitrogen and oxygen atoms in total. The highest BCUT2D eigenvalue weighted by atomic mass is 35.5. The van der Waals surface area contributed by atoms with Crippen molar-refractivity contribution in [1.29, 1.82) is 0 Å². The second kappa shape index (κ2) is 4.76. The van der Waals surface area contributed by atoms with Gasteiger partial charge in [-0.2, -0.15) is 0 Å². The fourth-order valence-electron chi connectivity index (χ4n) is 1.37. The number of nitrogens with zero attached hydrogens (tertiary/aromatic N) is 1. The van der Waals surface area contributed by atoms with Gasteiger partial charge in [0.1, 0.15) is 0 Å². The molecule has 1 rings (SSSR count). The van der Waals surface area contributed by atoms with Gasteiger partial charge in [0.15, 0.2) is 0 Å². The molecule has 0 bridgehead atoms. The minimum absolute atomic E-state index is 0.0163. The molecule has 2 N–H and O–H groups in total. The summed E-state index contributed by atoms with van der Waals surface area (Å²) in [5.74, 6) is 0.431. The third-order valence-corrected chi connectivity index (χ3v) is 2.75. The minimum Gasteiger partial charge on any atom is -0.322 e. The van der Waals surface area contributed by atoms with Crippen LogP contribution >= 0.6 is 11.6 Å². The van der Waals surface area contributed by atoms with E-state index in [0.29, 0.717) is 10.9 Å². The van der Waals surface area contributed by atoms with Gasteiger partial charge in [-0.1, -0.05) is 31.9 Å². The topological polar surface area (TPSA) is 38.9 Å². The van der Waals surface area contributed by atoms with Crippen molar-refractivity contribution >= 4 is 11.6 Å². The van der Waals surface area contributed by atoms with Gasteiger partial charge in [0.2, 0.25) is 0 Å². The maximum absolute atomic E-state index is 6.07. The van der Waals surface area contributed by atoms with E-state index in [1.165, 1.54) is 0 Å². The monoisotopic (exact) mass is 212 g/mol. The van der Waals surface area contributed by atoms with Crippen LogP contribution in [0.3, 0.4) is 0 Å². The molecule has 0 aromatic carbocycles. The van der Waals surface area contributed by atoms with Crippen molar-refractivity contribution < 1.29 is 0 Å². The fraction of sp³-hybridized carbons (Fsp3) is 0.545. The van der Waals surface area contributed by atoms with E-state index in [1.807, 2.05) is 19.1 Å². The van der Waals surface area contributed by atoms with Gasteiger partial charge >= 0.3 is 0 Å². The zero-order valence-corrected chi connectivity index (χ0v) is 9.67. The van der Waals surface area contributed by atoms with E-state index in [4.69, 9.17) is 17.3 Å². The quantitative estimate of drug-likeness (QED) is 0.837. The molecular weight excluding hydrogens is 196 g/mol. The van der Waals surface area contributed by atoms with Gasteiger partial charge in [-0.25, -0.2) is 0 Å². The average Bonchev–Trinajstić information content (AvgIpc) is 2.14. The van der Waals surface area contributed by atoms with Crippen molar-refractivity contribution in [2.24, 2.45) is 11.7 Å². The predicted octanol–water partition coefficient (Wildman–Crippen LogP) is 3.09. The van der Waals surface area contributed by atoms with Crippen LogP contribution in [-0.2, 0) is 0 Å². The molecule has 0 fully saturated rings. The van der Waals surface area contributed by atoms with Gasteiger partial charge in [0.05, 0.1) is 5.69 Å². The summed E-state index contributed by atoms with van der Waals surface area (Å²) in [5, 5.41) is 0.714. The second-order valence-corrected chi connectivity index (χ2v) is 4.20. The second-order valence-electron chi connectivity index (χ2n) is 3.76. The molecule has 14 heavy (non-hydrogen) atoms. The highest BCUT2D eigenvalue weighted by Crippen LogP contribution is 2.22. The molecule has 0 amide bonds. The van der Waals surface area contributed by atoms with Crippen LogP contribution in [0.1, 0.15) is 37.7 Å². The van der Waals surface area contributed by atoms with Gasteiger partial charge in [-0.05, 0) is 25.0 Å². The van der Waals surface area contributed by atoms with E-state index in [1.54, 1.807) is 0 Å². The van der Waals surface area contributed by atoms with Crippen LogP contribution in [0.25, 0.3) is 0 Å². The summed E-state index contributed by atoms with van der Waals surface area (Å²) in [5.41, 5.74) is 7.88. The number of aryl methyl sites for hydroxylation is 1. The number of hydrogen-bond acceptors (Lipinski definition) is 2. The summed E-state index contributed by atoms with van der Waals surface area (Å²) in [4.78, 5) is 4.39. The van der Waals surface area contributed by atoms with Crippen LogP contribution in [0, 0.1) is 12.8 Å². The third-order valence-electron chi connectivity index (χ3n) is 2.54. The van der Waals surface area contributed by atoms with Crippen LogP contribution in [0.15, 0.2) is 12.1 Å². The van der Waals surface area contributed by atoms with E-state index in [-0.39, 0.29) is 6.04 Å². The van der Waals surface area contributed by atoms with E-state index in [2.05, 4.69) is 18.8 Å². The highest BCUT2D eigenvalue weighted by Gasteiger charge is 2.15. The fourth-order valence-corrected chi connectivity index (χ4v) is 1.64. The Morgan fingerprint density at radius 3 is 2.64 bits per heavy atom. The van der Waals surface area contributed by atoms with Gasteiger partial charge in [-0.15, -0.1) is 0 Å². The summed E-state index contributed by atoms with van der Waals surface area (Å²) >= 11 is 5.95. The van der Waals surface area contributed by atoms with Crippen molar-refractivity contribution in [3.63, 3.8) is 0 Å². The molecule has 0 saturated heterocycles. The summed E-state index contributed by atoms with van der Waals surface area (Å²) in [6, 6.07) is 3.68. The van der Waals surface area contributed by atoms with Crippen molar-refractivity contribution in [1.82, 2.24) is 4.98 Å². The van der Waals surface area contributed by atoms with E-state index in [9.17, 15) is 0 Å². The zero-order valence-electron chi connectivity index (χ0n) is 8.92. The number of hydrogen-bond donors (Lipinski definition) is 1. The molecule has 0 aliphatic heterocycles. The van der Waals surface area contributed by atoms with Crippen molar-refractivity contribution in [2.75, 3.05) is 0 Å². The average molecular weight is 213 g/mol. The molecule has 0 aliphatic rings. The van der Waals surface area contributed by atoms with Gasteiger partial charge in [0, 0.05) is 16.8 Å². The van der Waals surface area contributed by atoms with E-state index in [0.717, 1.165) is 17.8 Å². The van der Waals surface area contributed by atoms with E-state index < -0.39 is 0 Å². The Kier molecular flexibility index (Phi) is 3.90. The number of rotatable bonds is 3. The Morgan fingerprint density at radius 1 is 1.50 bits per heavy atom. The molecule has 0 unspecified atom stereocenters. The standard InChI is InChI=1S/C11H17ClN2/c1-4-7(2)11(13)10-6-9(12)5-8(3)14-10/h5-7,11H,4,13H2,1-3H3/t7-,11-/m1/s1. The molecule has 1 heterocycles. The first-order valence-electron chi connectivity index (χ1n) is 4.94. The maximum Gasteiger partial charge on any atom is 0.0591 e. The molecule has 1 aromatic rings. The lowest BCUT2D eigenvalue weighted by Crippen LogP contribution is -2.20. The summed E-state index contributed by atoms with van der Waals surface area (Å²) in [7, 11) is 0. The molecular formula is C11H17ClN2. The number of nitrogens with two attached hydrogens (primary N) is 1. The smallest absolute Gasteiger partial charge is 0.0591 e. The molecule has 0 aliphatic carbocycles. The molecule has 1 aromatic heterocycles. The zero-order chi connectivity index (χ0) is 10.7. The third kappa shape index (κ3) is 2.69. The summed E-state index contributed by atoms with van der Waals surface area (Å²) in [6.45, 7) is 6.18. The lowest BCUT2D eigenvalue weighted by molar-refractivity contribution is 0.448. The molecule has 0 saturated carbocycles. The molecule has 0 spiro atoms. The number of pyridine rings is 1. The number of halogens is 1. The Labute approximate surface area is 90.5 Å². The van der Waals surface area contributed by atoms with Crippen LogP contribution < -0.4 is 5.73 Å². The molecule has 2 atom stereocenters. The summed E-state index contributed by atoms with van der Waals surface area (Å²) < 4.78 is 0. The first kappa shape index (κ1) is 11.5. The van der Waals surface area contributed by atoms with Crippen LogP contribution in [0.4, 0.5) is 0 Å². The largest absolute Gasteiger partial charge is 0.322 e. The Hall–Kier alpha value is -0.600. The summed E-state index contributed by atoms with van der Waals surface area (Å²) in [6.07, 6.45) is 1.05.